The highest BCUT2D eigenvalue weighted by Gasteiger charge is 2.41. The SMILES string of the molecule is CC1(C2CCC(C=O)O2)CCCC1. The number of hydrogen-bond donors (Lipinski definition) is 0. The Bertz CT molecular complexity index is 194. The van der Waals surface area contributed by atoms with Crippen LogP contribution >= 0.6 is 0 Å². The minimum atomic E-state index is -0.109. The van der Waals surface area contributed by atoms with Gasteiger partial charge in [0.15, 0.2) is 0 Å². The highest BCUT2D eigenvalue weighted by Crippen LogP contribution is 2.45. The van der Waals surface area contributed by atoms with Crippen molar-refractivity contribution in [3.8, 4) is 0 Å². The molecule has 2 rings (SSSR count). The molecule has 1 aliphatic carbocycles. The van der Waals surface area contributed by atoms with Crippen molar-refractivity contribution in [2.24, 2.45) is 5.41 Å². The number of ether oxygens (including phenoxy) is 1. The number of carbonyl (C=O) groups is 1. The molecule has 2 fully saturated rings. The van der Waals surface area contributed by atoms with Gasteiger partial charge in [-0.05, 0) is 31.1 Å². The molecule has 2 aliphatic rings. The molecule has 0 spiro atoms. The largest absolute Gasteiger partial charge is 0.367 e. The monoisotopic (exact) mass is 182 g/mol. The molecule has 2 heteroatoms. The molecule has 13 heavy (non-hydrogen) atoms. The smallest absolute Gasteiger partial charge is 0.148 e. The summed E-state index contributed by atoms with van der Waals surface area (Å²) >= 11 is 0. The Morgan fingerprint density at radius 1 is 1.31 bits per heavy atom. The zero-order chi connectivity index (χ0) is 9.31. The molecule has 1 saturated carbocycles. The van der Waals surface area contributed by atoms with Crippen molar-refractivity contribution in [1.29, 1.82) is 0 Å². The lowest BCUT2D eigenvalue weighted by Gasteiger charge is -2.30. The predicted octanol–water partition coefficient (Wildman–Crippen LogP) is 2.31. The van der Waals surface area contributed by atoms with Crippen LogP contribution in [0.5, 0.6) is 0 Å². The molecule has 74 valence electrons. The summed E-state index contributed by atoms with van der Waals surface area (Å²) in [6, 6.07) is 0. The van der Waals surface area contributed by atoms with Crippen molar-refractivity contribution in [3.05, 3.63) is 0 Å². The van der Waals surface area contributed by atoms with Crippen LogP contribution in [0.15, 0.2) is 0 Å². The molecular weight excluding hydrogens is 164 g/mol. The fourth-order valence-electron chi connectivity index (χ4n) is 2.78. The van der Waals surface area contributed by atoms with E-state index >= 15 is 0 Å². The Morgan fingerprint density at radius 2 is 2.00 bits per heavy atom. The number of rotatable bonds is 2. The van der Waals surface area contributed by atoms with E-state index in [0.29, 0.717) is 11.5 Å². The summed E-state index contributed by atoms with van der Waals surface area (Å²) in [5, 5.41) is 0. The summed E-state index contributed by atoms with van der Waals surface area (Å²) < 4.78 is 5.73. The number of aldehydes is 1. The molecule has 0 bridgehead atoms. The van der Waals surface area contributed by atoms with E-state index in [4.69, 9.17) is 4.74 Å². The van der Waals surface area contributed by atoms with Crippen LogP contribution in [-0.4, -0.2) is 18.5 Å². The molecule has 0 amide bonds. The Labute approximate surface area is 79.7 Å². The zero-order valence-electron chi connectivity index (χ0n) is 8.29. The van der Waals surface area contributed by atoms with Gasteiger partial charge >= 0.3 is 0 Å². The molecule has 0 aromatic heterocycles. The van der Waals surface area contributed by atoms with Gasteiger partial charge in [-0.25, -0.2) is 0 Å². The van der Waals surface area contributed by atoms with Crippen molar-refractivity contribution >= 4 is 6.29 Å². The Morgan fingerprint density at radius 3 is 2.54 bits per heavy atom. The van der Waals surface area contributed by atoms with E-state index in [1.165, 1.54) is 25.7 Å². The van der Waals surface area contributed by atoms with Crippen LogP contribution in [0, 0.1) is 5.41 Å². The van der Waals surface area contributed by atoms with Crippen LogP contribution in [0.3, 0.4) is 0 Å². The molecule has 0 radical (unpaired) electrons. The fourth-order valence-corrected chi connectivity index (χ4v) is 2.78. The maximum absolute atomic E-state index is 10.5. The summed E-state index contributed by atoms with van der Waals surface area (Å²) in [6.45, 7) is 2.32. The van der Waals surface area contributed by atoms with Crippen LogP contribution in [0.1, 0.15) is 45.4 Å². The maximum Gasteiger partial charge on any atom is 0.148 e. The third-order valence-electron chi connectivity index (χ3n) is 3.73. The maximum atomic E-state index is 10.5. The van der Waals surface area contributed by atoms with Gasteiger partial charge in [-0.2, -0.15) is 0 Å². The predicted molar refractivity (Wildman–Crippen MR) is 50.5 cm³/mol. The van der Waals surface area contributed by atoms with Crippen molar-refractivity contribution < 1.29 is 9.53 Å². The first-order valence-corrected chi connectivity index (χ1v) is 5.35. The molecule has 2 atom stereocenters. The van der Waals surface area contributed by atoms with Gasteiger partial charge in [-0.1, -0.05) is 19.8 Å². The van der Waals surface area contributed by atoms with Gasteiger partial charge in [-0.15, -0.1) is 0 Å². The van der Waals surface area contributed by atoms with E-state index in [1.807, 2.05) is 0 Å². The molecule has 0 aromatic carbocycles. The number of hydrogen-bond acceptors (Lipinski definition) is 2. The second-order valence-corrected chi connectivity index (χ2v) is 4.74. The molecular formula is C11H18O2. The van der Waals surface area contributed by atoms with Gasteiger partial charge in [0.1, 0.15) is 12.4 Å². The second kappa shape index (κ2) is 3.41. The summed E-state index contributed by atoms with van der Waals surface area (Å²) in [5.74, 6) is 0. The molecule has 1 aliphatic heterocycles. The fraction of sp³-hybridized carbons (Fsp3) is 0.909. The second-order valence-electron chi connectivity index (χ2n) is 4.74. The van der Waals surface area contributed by atoms with E-state index in [9.17, 15) is 4.79 Å². The lowest BCUT2D eigenvalue weighted by Crippen LogP contribution is -2.29. The summed E-state index contributed by atoms with van der Waals surface area (Å²) in [4.78, 5) is 10.5. The molecule has 1 heterocycles. The van der Waals surface area contributed by atoms with E-state index in [2.05, 4.69) is 6.92 Å². The molecule has 1 saturated heterocycles. The third kappa shape index (κ3) is 1.64. The average Bonchev–Trinajstić information content (AvgIpc) is 2.72. The van der Waals surface area contributed by atoms with Crippen molar-refractivity contribution in [2.45, 2.75) is 57.7 Å². The van der Waals surface area contributed by atoms with Crippen molar-refractivity contribution in [3.63, 3.8) is 0 Å². The zero-order valence-corrected chi connectivity index (χ0v) is 8.29. The molecule has 2 nitrogen and oxygen atoms in total. The van der Waals surface area contributed by atoms with Gasteiger partial charge < -0.3 is 9.53 Å². The van der Waals surface area contributed by atoms with Crippen LogP contribution in [-0.2, 0) is 9.53 Å². The minimum absolute atomic E-state index is 0.109. The Balaban J connectivity index is 1.97. The van der Waals surface area contributed by atoms with Crippen molar-refractivity contribution in [1.82, 2.24) is 0 Å². The van der Waals surface area contributed by atoms with Crippen molar-refractivity contribution in [2.75, 3.05) is 0 Å². The highest BCUT2D eigenvalue weighted by molar-refractivity contribution is 5.56. The normalized spacial score (nSPS) is 37.9. The van der Waals surface area contributed by atoms with Crippen LogP contribution in [0.2, 0.25) is 0 Å². The first-order chi connectivity index (χ1) is 6.24. The molecule has 2 unspecified atom stereocenters. The molecule has 0 N–H and O–H groups in total. The highest BCUT2D eigenvalue weighted by atomic mass is 16.5. The van der Waals surface area contributed by atoms with Gasteiger partial charge in [0, 0.05) is 0 Å². The minimum Gasteiger partial charge on any atom is -0.367 e. The topological polar surface area (TPSA) is 26.3 Å². The average molecular weight is 182 g/mol. The summed E-state index contributed by atoms with van der Waals surface area (Å²) in [7, 11) is 0. The Hall–Kier alpha value is -0.370. The first-order valence-electron chi connectivity index (χ1n) is 5.35. The van der Waals surface area contributed by atoms with Crippen LogP contribution in [0.25, 0.3) is 0 Å². The summed E-state index contributed by atoms with van der Waals surface area (Å²) in [5.41, 5.74) is 0.373. The van der Waals surface area contributed by atoms with Crippen LogP contribution in [0.4, 0.5) is 0 Å². The summed E-state index contributed by atoms with van der Waals surface area (Å²) in [6.07, 6.45) is 8.45. The van der Waals surface area contributed by atoms with Gasteiger partial charge in [0.25, 0.3) is 0 Å². The molecule has 0 aromatic rings. The number of carbonyl (C=O) groups excluding carboxylic acids is 1. The van der Waals surface area contributed by atoms with Gasteiger partial charge in [0.05, 0.1) is 6.10 Å². The lowest BCUT2D eigenvalue weighted by molar-refractivity contribution is -0.120. The first kappa shape index (κ1) is 9.20. The van der Waals surface area contributed by atoms with Gasteiger partial charge in [0.2, 0.25) is 0 Å². The van der Waals surface area contributed by atoms with E-state index in [1.54, 1.807) is 0 Å². The lowest BCUT2D eigenvalue weighted by atomic mass is 9.81. The van der Waals surface area contributed by atoms with E-state index in [0.717, 1.165) is 19.1 Å². The standard InChI is InChI=1S/C11H18O2/c1-11(6-2-3-7-11)10-5-4-9(8-12)13-10/h8-10H,2-7H2,1H3. The van der Waals surface area contributed by atoms with Crippen LogP contribution < -0.4 is 0 Å². The van der Waals surface area contributed by atoms with Gasteiger partial charge in [-0.3, -0.25) is 0 Å². The van der Waals surface area contributed by atoms with E-state index in [-0.39, 0.29) is 6.10 Å². The van der Waals surface area contributed by atoms with E-state index < -0.39 is 0 Å². The quantitative estimate of drug-likeness (QED) is 0.612. The third-order valence-corrected chi connectivity index (χ3v) is 3.73. The Kier molecular flexibility index (Phi) is 2.41.